The third-order valence-corrected chi connectivity index (χ3v) is 4.38. The molecule has 1 aliphatic heterocycles. The second-order valence-electron chi connectivity index (χ2n) is 5.92. The Kier molecular flexibility index (Phi) is 4.71. The van der Waals surface area contributed by atoms with Gasteiger partial charge in [0.1, 0.15) is 5.82 Å². The van der Waals surface area contributed by atoms with Crippen molar-refractivity contribution < 1.29 is 5.11 Å². The maximum Gasteiger partial charge on any atom is 0.133 e. The summed E-state index contributed by atoms with van der Waals surface area (Å²) in [6.45, 7) is 2.95. The number of aromatic nitrogens is 1. The molecule has 1 aromatic heterocycles. The highest BCUT2D eigenvalue weighted by Gasteiger charge is 2.23. The van der Waals surface area contributed by atoms with Crippen molar-refractivity contribution in [2.75, 3.05) is 25.1 Å². The summed E-state index contributed by atoms with van der Waals surface area (Å²) < 4.78 is 0. The van der Waals surface area contributed by atoms with Crippen molar-refractivity contribution in [2.24, 2.45) is 0 Å². The molecule has 0 unspecified atom stereocenters. The van der Waals surface area contributed by atoms with Gasteiger partial charge in [-0.15, -0.1) is 0 Å². The van der Waals surface area contributed by atoms with E-state index < -0.39 is 0 Å². The van der Waals surface area contributed by atoms with Crippen molar-refractivity contribution in [1.29, 1.82) is 0 Å². The Balaban J connectivity index is 1.85. The quantitative estimate of drug-likeness (QED) is 0.943. The van der Waals surface area contributed by atoms with Crippen LogP contribution in [0.4, 0.5) is 5.82 Å². The van der Waals surface area contributed by atoms with E-state index in [0.717, 1.165) is 31.9 Å². The Hall–Kier alpha value is -1.91. The molecule has 2 aromatic rings. The Labute approximate surface area is 132 Å². The maximum atomic E-state index is 9.69. The standard InChI is InChI=1S/C18H23N3O/c1-20-17(14-22)9-11-21(12-15-6-3-2-4-7-15)13-16-8-5-10-19-18(16)20/h2-8,10,17,22H,9,11-14H2,1H3/t17-/m0/s1. The molecule has 1 N–H and O–H groups in total. The fourth-order valence-electron chi connectivity index (χ4n) is 3.08. The molecule has 116 valence electrons. The van der Waals surface area contributed by atoms with Gasteiger partial charge in [0.2, 0.25) is 0 Å². The Morgan fingerprint density at radius 3 is 2.77 bits per heavy atom. The van der Waals surface area contributed by atoms with E-state index in [4.69, 9.17) is 0 Å². The number of likely N-dealkylation sites (N-methyl/N-ethyl adjacent to an activating group) is 1. The molecule has 22 heavy (non-hydrogen) atoms. The van der Waals surface area contributed by atoms with Crippen molar-refractivity contribution in [3.8, 4) is 0 Å². The van der Waals surface area contributed by atoms with Crippen LogP contribution in [0.3, 0.4) is 0 Å². The molecular weight excluding hydrogens is 274 g/mol. The predicted molar refractivity (Wildman–Crippen MR) is 88.7 cm³/mol. The highest BCUT2D eigenvalue weighted by atomic mass is 16.3. The monoisotopic (exact) mass is 297 g/mol. The Morgan fingerprint density at radius 1 is 1.18 bits per heavy atom. The lowest BCUT2D eigenvalue weighted by atomic mass is 10.1. The summed E-state index contributed by atoms with van der Waals surface area (Å²) in [6, 6.07) is 14.8. The van der Waals surface area contributed by atoms with Crippen LogP contribution in [0.1, 0.15) is 17.5 Å². The number of hydrogen-bond donors (Lipinski definition) is 1. The lowest BCUT2D eigenvalue weighted by Crippen LogP contribution is -2.41. The second-order valence-corrected chi connectivity index (χ2v) is 5.92. The molecule has 0 amide bonds. The van der Waals surface area contributed by atoms with Gasteiger partial charge >= 0.3 is 0 Å². The van der Waals surface area contributed by atoms with Crippen molar-refractivity contribution >= 4 is 5.82 Å². The van der Waals surface area contributed by atoms with E-state index in [1.165, 1.54) is 11.1 Å². The van der Waals surface area contributed by atoms with E-state index in [9.17, 15) is 5.11 Å². The summed E-state index contributed by atoms with van der Waals surface area (Å²) in [6.07, 6.45) is 2.77. The van der Waals surface area contributed by atoms with E-state index in [0.29, 0.717) is 0 Å². The third-order valence-electron chi connectivity index (χ3n) is 4.38. The van der Waals surface area contributed by atoms with Gasteiger partial charge in [-0.2, -0.15) is 0 Å². The lowest BCUT2D eigenvalue weighted by Gasteiger charge is -2.35. The number of fused-ring (bicyclic) bond motifs is 1. The lowest BCUT2D eigenvalue weighted by molar-refractivity contribution is 0.205. The number of rotatable bonds is 3. The molecule has 0 bridgehead atoms. The van der Waals surface area contributed by atoms with Crippen molar-refractivity contribution in [2.45, 2.75) is 25.6 Å². The second kappa shape index (κ2) is 6.90. The number of hydrogen-bond acceptors (Lipinski definition) is 4. The molecule has 4 heteroatoms. The topological polar surface area (TPSA) is 39.6 Å². The van der Waals surface area contributed by atoms with Gasteiger partial charge in [0.25, 0.3) is 0 Å². The molecule has 4 nitrogen and oxygen atoms in total. The van der Waals surface area contributed by atoms with Gasteiger partial charge in [-0.05, 0) is 18.1 Å². The van der Waals surface area contributed by atoms with Crippen molar-refractivity contribution in [3.63, 3.8) is 0 Å². The van der Waals surface area contributed by atoms with Crippen LogP contribution < -0.4 is 4.90 Å². The van der Waals surface area contributed by atoms with Crippen molar-refractivity contribution in [3.05, 3.63) is 59.8 Å². The minimum Gasteiger partial charge on any atom is -0.394 e. The highest BCUT2D eigenvalue weighted by molar-refractivity contribution is 5.47. The van der Waals surface area contributed by atoms with E-state index in [-0.39, 0.29) is 12.6 Å². The summed E-state index contributed by atoms with van der Waals surface area (Å²) >= 11 is 0. The van der Waals surface area contributed by atoms with E-state index in [2.05, 4.69) is 45.1 Å². The van der Waals surface area contributed by atoms with Crippen LogP contribution in [0.5, 0.6) is 0 Å². The normalized spacial score (nSPS) is 19.4. The summed E-state index contributed by atoms with van der Waals surface area (Å²) in [5.74, 6) is 0.985. The molecule has 1 aromatic carbocycles. The Bertz CT molecular complexity index is 602. The van der Waals surface area contributed by atoms with Crippen LogP contribution in [-0.2, 0) is 13.1 Å². The van der Waals surface area contributed by atoms with E-state index in [1.807, 2.05) is 25.4 Å². The zero-order valence-electron chi connectivity index (χ0n) is 13.0. The molecule has 0 fully saturated rings. The molecule has 0 aliphatic carbocycles. The van der Waals surface area contributed by atoms with Crippen LogP contribution in [0, 0.1) is 0 Å². The van der Waals surface area contributed by atoms with Gasteiger partial charge in [-0.3, -0.25) is 4.90 Å². The van der Waals surface area contributed by atoms with Gasteiger partial charge in [0.05, 0.1) is 12.6 Å². The minimum atomic E-state index is 0.118. The van der Waals surface area contributed by atoms with Crippen LogP contribution in [0.25, 0.3) is 0 Å². The summed E-state index contributed by atoms with van der Waals surface area (Å²) in [7, 11) is 2.03. The van der Waals surface area contributed by atoms with Crippen LogP contribution in [-0.4, -0.2) is 41.2 Å². The number of pyridine rings is 1. The summed E-state index contributed by atoms with van der Waals surface area (Å²) in [5.41, 5.74) is 2.54. The van der Waals surface area contributed by atoms with Gasteiger partial charge in [0.15, 0.2) is 0 Å². The van der Waals surface area contributed by atoms with Gasteiger partial charge < -0.3 is 10.0 Å². The molecule has 0 saturated carbocycles. The molecule has 1 atom stereocenters. The molecule has 1 aliphatic rings. The average molecular weight is 297 g/mol. The number of aliphatic hydroxyl groups is 1. The summed E-state index contributed by atoms with van der Waals surface area (Å²) in [4.78, 5) is 9.09. The van der Waals surface area contributed by atoms with Gasteiger partial charge in [-0.25, -0.2) is 4.98 Å². The molecule has 0 spiro atoms. The predicted octanol–water partition coefficient (Wildman–Crippen LogP) is 2.28. The first-order chi connectivity index (χ1) is 10.8. The zero-order valence-corrected chi connectivity index (χ0v) is 13.0. The molecule has 3 rings (SSSR count). The first-order valence-corrected chi connectivity index (χ1v) is 7.82. The van der Waals surface area contributed by atoms with Crippen LogP contribution >= 0.6 is 0 Å². The van der Waals surface area contributed by atoms with Gasteiger partial charge in [-0.1, -0.05) is 36.4 Å². The number of anilines is 1. The number of nitrogens with zero attached hydrogens (tertiary/aromatic N) is 3. The first kappa shape index (κ1) is 15.0. The minimum absolute atomic E-state index is 0.118. The van der Waals surface area contributed by atoms with Crippen LogP contribution in [0.2, 0.25) is 0 Å². The third kappa shape index (κ3) is 3.29. The Morgan fingerprint density at radius 2 is 2.00 bits per heavy atom. The van der Waals surface area contributed by atoms with E-state index >= 15 is 0 Å². The highest BCUT2D eigenvalue weighted by Crippen LogP contribution is 2.24. The number of aliphatic hydroxyl groups excluding tert-OH is 1. The average Bonchev–Trinajstić information content (AvgIpc) is 2.55. The maximum absolute atomic E-state index is 9.69. The zero-order chi connectivity index (χ0) is 15.4. The smallest absolute Gasteiger partial charge is 0.133 e. The molecule has 2 heterocycles. The molecule has 0 saturated heterocycles. The van der Waals surface area contributed by atoms with Crippen LogP contribution in [0.15, 0.2) is 48.7 Å². The largest absolute Gasteiger partial charge is 0.394 e. The fourth-order valence-corrected chi connectivity index (χ4v) is 3.08. The molecular formula is C18H23N3O. The van der Waals surface area contributed by atoms with Gasteiger partial charge in [0, 0.05) is 38.4 Å². The summed E-state index contributed by atoms with van der Waals surface area (Å²) in [5, 5.41) is 9.69. The number of benzene rings is 1. The van der Waals surface area contributed by atoms with Crippen molar-refractivity contribution in [1.82, 2.24) is 9.88 Å². The van der Waals surface area contributed by atoms with E-state index in [1.54, 1.807) is 0 Å². The first-order valence-electron chi connectivity index (χ1n) is 7.82. The fraction of sp³-hybridized carbons (Fsp3) is 0.389. The molecule has 0 radical (unpaired) electrons. The SMILES string of the molecule is CN1c2ncccc2CN(Cc2ccccc2)CC[C@H]1CO.